The second kappa shape index (κ2) is 13.6. The zero-order valence-corrected chi connectivity index (χ0v) is 22.7. The molecule has 1 aliphatic heterocycles. The van der Waals surface area contributed by atoms with Crippen LogP contribution in [0.4, 0.5) is 0 Å². The van der Waals surface area contributed by atoms with Crippen molar-refractivity contribution >= 4 is 17.7 Å². The molecule has 7 heteroatoms. The molecule has 7 nitrogen and oxygen atoms in total. The lowest BCUT2D eigenvalue weighted by molar-refractivity contribution is -0.143. The third-order valence-electron chi connectivity index (χ3n) is 8.23. The largest absolute Gasteiger partial charge is 0.353 e. The average molecular weight is 519 g/mol. The number of nitrogens with one attached hydrogen (secondary N) is 3. The normalized spacial score (nSPS) is 19.7. The summed E-state index contributed by atoms with van der Waals surface area (Å²) < 4.78 is 0. The van der Waals surface area contributed by atoms with Crippen molar-refractivity contribution in [2.75, 3.05) is 20.1 Å². The van der Waals surface area contributed by atoms with E-state index in [1.807, 2.05) is 36.4 Å². The van der Waals surface area contributed by atoms with Gasteiger partial charge >= 0.3 is 0 Å². The zero-order chi connectivity index (χ0) is 26.9. The van der Waals surface area contributed by atoms with Gasteiger partial charge in [0.1, 0.15) is 12.1 Å². The van der Waals surface area contributed by atoms with Crippen LogP contribution < -0.4 is 16.0 Å². The van der Waals surface area contributed by atoms with Gasteiger partial charge < -0.3 is 20.9 Å². The number of rotatable bonds is 10. The quantitative estimate of drug-likeness (QED) is 0.448. The lowest BCUT2D eigenvalue weighted by atomic mass is 9.83. The fourth-order valence-electron chi connectivity index (χ4n) is 5.86. The molecule has 0 spiro atoms. The molecule has 4 rings (SSSR count). The minimum atomic E-state index is -0.589. The molecule has 0 bridgehead atoms. The first kappa shape index (κ1) is 27.8. The summed E-state index contributed by atoms with van der Waals surface area (Å²) in [5.41, 5.74) is 2.27. The summed E-state index contributed by atoms with van der Waals surface area (Å²) in [6, 6.07) is 18.9. The summed E-state index contributed by atoms with van der Waals surface area (Å²) in [7, 11) is 1.74. The van der Waals surface area contributed by atoms with Crippen molar-refractivity contribution in [2.24, 2.45) is 5.92 Å². The van der Waals surface area contributed by atoms with Gasteiger partial charge in [-0.3, -0.25) is 14.4 Å². The van der Waals surface area contributed by atoms with Crippen LogP contribution in [0.3, 0.4) is 0 Å². The number of amides is 3. The van der Waals surface area contributed by atoms with Crippen molar-refractivity contribution in [3.8, 4) is 0 Å². The SMILES string of the molecule is CN[C@@H](C)C(=O)N[C@H](C(=O)N1CCC[C@H]1C(=O)NCC(c1ccccc1)c1ccccc1)C1CCCCC1. The van der Waals surface area contributed by atoms with Gasteiger partial charge in [-0.25, -0.2) is 0 Å². The Kier molecular flexibility index (Phi) is 9.93. The van der Waals surface area contributed by atoms with Crippen LogP contribution in [0.25, 0.3) is 0 Å². The van der Waals surface area contributed by atoms with Crippen LogP contribution in [0.15, 0.2) is 60.7 Å². The topological polar surface area (TPSA) is 90.5 Å². The standard InChI is InChI=1S/C31H42N4O3/c1-22(32-2)29(36)34-28(25-17-10-5-11-18-25)31(38)35-20-12-19-27(35)30(37)33-21-26(23-13-6-3-7-14-23)24-15-8-4-9-16-24/h3-4,6-9,13-16,22,25-28,32H,5,10-12,17-21H2,1-2H3,(H,33,37)(H,34,36)/t22-,27-,28-/m0/s1. The minimum Gasteiger partial charge on any atom is -0.353 e. The lowest BCUT2D eigenvalue weighted by Gasteiger charge is -2.35. The first-order valence-corrected chi connectivity index (χ1v) is 14.1. The van der Waals surface area contributed by atoms with Crippen molar-refractivity contribution in [1.82, 2.24) is 20.9 Å². The first-order valence-electron chi connectivity index (χ1n) is 14.1. The Labute approximate surface area is 226 Å². The molecule has 38 heavy (non-hydrogen) atoms. The molecule has 0 radical (unpaired) electrons. The number of carbonyl (C=O) groups excluding carboxylic acids is 3. The van der Waals surface area contributed by atoms with Gasteiger partial charge in [0, 0.05) is 19.0 Å². The van der Waals surface area contributed by atoms with E-state index >= 15 is 0 Å². The maximum Gasteiger partial charge on any atom is 0.246 e. The van der Waals surface area contributed by atoms with Gasteiger partial charge in [-0.15, -0.1) is 0 Å². The van der Waals surface area contributed by atoms with E-state index in [1.165, 1.54) is 0 Å². The molecule has 2 aliphatic rings. The van der Waals surface area contributed by atoms with Gasteiger partial charge in [0.25, 0.3) is 0 Å². The molecular formula is C31H42N4O3. The van der Waals surface area contributed by atoms with E-state index in [0.29, 0.717) is 19.5 Å². The van der Waals surface area contributed by atoms with E-state index in [4.69, 9.17) is 0 Å². The Morgan fingerprint density at radius 3 is 2.05 bits per heavy atom. The lowest BCUT2D eigenvalue weighted by Crippen LogP contribution is -2.58. The fourth-order valence-corrected chi connectivity index (χ4v) is 5.86. The Balaban J connectivity index is 1.47. The summed E-state index contributed by atoms with van der Waals surface area (Å²) in [5, 5.41) is 9.17. The highest BCUT2D eigenvalue weighted by atomic mass is 16.2. The Bertz CT molecular complexity index is 1020. The van der Waals surface area contributed by atoms with Crippen LogP contribution in [-0.2, 0) is 14.4 Å². The summed E-state index contributed by atoms with van der Waals surface area (Å²) in [4.78, 5) is 41.9. The number of benzene rings is 2. The van der Waals surface area contributed by atoms with Gasteiger partial charge in [-0.2, -0.15) is 0 Å². The van der Waals surface area contributed by atoms with Crippen LogP contribution in [0, 0.1) is 5.92 Å². The van der Waals surface area contributed by atoms with Crippen LogP contribution >= 0.6 is 0 Å². The van der Waals surface area contributed by atoms with Crippen LogP contribution in [0.1, 0.15) is 68.9 Å². The molecule has 3 atom stereocenters. The summed E-state index contributed by atoms with van der Waals surface area (Å²) >= 11 is 0. The Hall–Kier alpha value is -3.19. The summed E-state index contributed by atoms with van der Waals surface area (Å²) in [5.74, 6) is -0.289. The number of likely N-dealkylation sites (tertiary alicyclic amines) is 1. The monoisotopic (exact) mass is 518 g/mol. The molecule has 0 aromatic heterocycles. The summed E-state index contributed by atoms with van der Waals surface area (Å²) in [6.45, 7) is 2.78. The number of likely N-dealkylation sites (N-methyl/N-ethyl adjacent to an activating group) is 1. The Morgan fingerprint density at radius 2 is 1.47 bits per heavy atom. The number of carbonyl (C=O) groups is 3. The van der Waals surface area contributed by atoms with Gasteiger partial charge in [0.2, 0.25) is 17.7 Å². The van der Waals surface area contributed by atoms with E-state index in [2.05, 4.69) is 40.2 Å². The third-order valence-corrected chi connectivity index (χ3v) is 8.23. The second-order valence-electron chi connectivity index (χ2n) is 10.7. The molecular weight excluding hydrogens is 476 g/mol. The first-order chi connectivity index (χ1) is 18.5. The number of hydrogen-bond acceptors (Lipinski definition) is 4. The maximum absolute atomic E-state index is 13.9. The molecule has 1 heterocycles. The summed E-state index contributed by atoms with van der Waals surface area (Å²) in [6.07, 6.45) is 6.56. The van der Waals surface area contributed by atoms with Crippen molar-refractivity contribution in [1.29, 1.82) is 0 Å². The van der Waals surface area contributed by atoms with E-state index in [-0.39, 0.29) is 35.6 Å². The van der Waals surface area contributed by atoms with E-state index < -0.39 is 12.1 Å². The highest BCUT2D eigenvalue weighted by Gasteiger charge is 2.41. The minimum absolute atomic E-state index is 0.0178. The second-order valence-corrected chi connectivity index (χ2v) is 10.7. The molecule has 3 amide bonds. The van der Waals surface area contributed by atoms with E-state index in [9.17, 15) is 14.4 Å². The number of nitrogens with zero attached hydrogens (tertiary/aromatic N) is 1. The van der Waals surface area contributed by atoms with Crippen LogP contribution in [0.5, 0.6) is 0 Å². The van der Waals surface area contributed by atoms with Gasteiger partial charge in [0.15, 0.2) is 0 Å². The van der Waals surface area contributed by atoms with Crippen LogP contribution in [-0.4, -0.2) is 60.9 Å². The average Bonchev–Trinajstić information content (AvgIpc) is 3.47. The molecule has 204 valence electrons. The molecule has 1 saturated carbocycles. The van der Waals surface area contributed by atoms with Gasteiger partial charge in [0.05, 0.1) is 6.04 Å². The maximum atomic E-state index is 13.9. The van der Waals surface area contributed by atoms with Crippen LogP contribution in [0.2, 0.25) is 0 Å². The molecule has 1 saturated heterocycles. The highest BCUT2D eigenvalue weighted by molar-refractivity contribution is 5.93. The molecule has 2 aromatic rings. The van der Waals surface area contributed by atoms with Crippen molar-refractivity contribution in [3.05, 3.63) is 71.8 Å². The predicted octanol–water partition coefficient (Wildman–Crippen LogP) is 3.60. The smallest absolute Gasteiger partial charge is 0.246 e. The highest BCUT2D eigenvalue weighted by Crippen LogP contribution is 2.30. The fraction of sp³-hybridized carbons (Fsp3) is 0.516. The van der Waals surface area contributed by atoms with Crippen molar-refractivity contribution in [2.45, 2.75) is 75.9 Å². The van der Waals surface area contributed by atoms with Gasteiger partial charge in [-0.1, -0.05) is 79.9 Å². The van der Waals surface area contributed by atoms with E-state index in [0.717, 1.165) is 49.7 Å². The van der Waals surface area contributed by atoms with Crippen molar-refractivity contribution < 1.29 is 14.4 Å². The third kappa shape index (κ3) is 6.81. The molecule has 2 aromatic carbocycles. The zero-order valence-electron chi connectivity index (χ0n) is 22.7. The van der Waals surface area contributed by atoms with Crippen molar-refractivity contribution in [3.63, 3.8) is 0 Å². The van der Waals surface area contributed by atoms with Gasteiger partial charge in [-0.05, 0) is 56.7 Å². The molecule has 3 N–H and O–H groups in total. The van der Waals surface area contributed by atoms with E-state index in [1.54, 1.807) is 18.9 Å². The molecule has 0 unspecified atom stereocenters. The Morgan fingerprint density at radius 1 is 0.868 bits per heavy atom. The molecule has 2 fully saturated rings. The predicted molar refractivity (Wildman–Crippen MR) is 149 cm³/mol. The number of hydrogen-bond donors (Lipinski definition) is 3. The molecule has 1 aliphatic carbocycles.